The molecule has 1 aromatic rings. The molecule has 2 rings (SSSR count). The Morgan fingerprint density at radius 3 is 2.52 bits per heavy atom. The third-order valence-electron chi connectivity index (χ3n) is 3.82. The largest absolute Gasteiger partial charge is 0.451 e. The van der Waals surface area contributed by atoms with Crippen molar-refractivity contribution in [2.45, 2.75) is 44.4 Å². The standard InChI is InChI=1S/C18H24N2O4S/c1-12(16(21)19-14-8-9-14)24-18(23)15(10-11-25-2)20-17(22)13-6-4-3-5-7-13/h3-7,12,14-15H,8-11H2,1-2H3,(H,19,21)(H,20,22)/t12-,15-/m0/s1. The first-order valence-corrected chi connectivity index (χ1v) is 9.76. The van der Waals surface area contributed by atoms with E-state index >= 15 is 0 Å². The highest BCUT2D eigenvalue weighted by Crippen LogP contribution is 2.19. The molecule has 2 N–H and O–H groups in total. The molecule has 0 aliphatic heterocycles. The molecule has 1 saturated carbocycles. The van der Waals surface area contributed by atoms with E-state index in [9.17, 15) is 14.4 Å². The number of nitrogens with one attached hydrogen (secondary N) is 2. The highest BCUT2D eigenvalue weighted by atomic mass is 32.2. The van der Waals surface area contributed by atoms with Gasteiger partial charge in [0.05, 0.1) is 0 Å². The van der Waals surface area contributed by atoms with Gasteiger partial charge in [-0.15, -0.1) is 0 Å². The maximum absolute atomic E-state index is 12.4. The minimum absolute atomic E-state index is 0.207. The Balaban J connectivity index is 1.93. The molecule has 1 aliphatic rings. The molecular formula is C18H24N2O4S. The lowest BCUT2D eigenvalue weighted by molar-refractivity contribution is -0.156. The van der Waals surface area contributed by atoms with Crippen LogP contribution in [0.25, 0.3) is 0 Å². The number of thioether (sulfide) groups is 1. The summed E-state index contributed by atoms with van der Waals surface area (Å²) in [5, 5.41) is 5.51. The molecule has 0 aromatic heterocycles. The maximum Gasteiger partial charge on any atom is 0.329 e. The predicted molar refractivity (Wildman–Crippen MR) is 97.4 cm³/mol. The second kappa shape index (κ2) is 9.46. The summed E-state index contributed by atoms with van der Waals surface area (Å²) in [5.74, 6) is -0.526. The zero-order chi connectivity index (χ0) is 18.2. The topological polar surface area (TPSA) is 84.5 Å². The van der Waals surface area contributed by atoms with Crippen molar-refractivity contribution < 1.29 is 19.1 Å². The number of esters is 1. The van der Waals surface area contributed by atoms with Crippen LogP contribution in [0.3, 0.4) is 0 Å². The molecule has 0 bridgehead atoms. The van der Waals surface area contributed by atoms with Crippen LogP contribution in [0.5, 0.6) is 0 Å². The Hall–Kier alpha value is -2.02. The normalized spacial score (nSPS) is 15.8. The molecule has 136 valence electrons. The van der Waals surface area contributed by atoms with Crippen LogP contribution in [0.2, 0.25) is 0 Å². The molecule has 1 fully saturated rings. The molecule has 0 spiro atoms. The van der Waals surface area contributed by atoms with E-state index in [2.05, 4.69) is 10.6 Å². The van der Waals surface area contributed by atoms with Gasteiger partial charge in [-0.3, -0.25) is 9.59 Å². The number of amides is 2. The van der Waals surface area contributed by atoms with Gasteiger partial charge in [0, 0.05) is 11.6 Å². The van der Waals surface area contributed by atoms with Crippen molar-refractivity contribution in [2.24, 2.45) is 0 Å². The van der Waals surface area contributed by atoms with Crippen molar-refractivity contribution in [3.05, 3.63) is 35.9 Å². The number of carbonyl (C=O) groups is 3. The van der Waals surface area contributed by atoms with Gasteiger partial charge in [-0.05, 0) is 50.3 Å². The van der Waals surface area contributed by atoms with E-state index < -0.39 is 18.1 Å². The fraction of sp³-hybridized carbons (Fsp3) is 0.500. The molecule has 0 unspecified atom stereocenters. The van der Waals surface area contributed by atoms with Gasteiger partial charge in [-0.25, -0.2) is 4.79 Å². The summed E-state index contributed by atoms with van der Waals surface area (Å²) in [5.41, 5.74) is 0.476. The number of hydrogen-bond donors (Lipinski definition) is 2. The second-order valence-corrected chi connectivity index (χ2v) is 7.02. The fourth-order valence-electron chi connectivity index (χ4n) is 2.17. The molecule has 0 heterocycles. The number of benzene rings is 1. The van der Waals surface area contributed by atoms with Crippen molar-refractivity contribution in [1.82, 2.24) is 10.6 Å². The van der Waals surface area contributed by atoms with Gasteiger partial charge in [-0.1, -0.05) is 18.2 Å². The Morgan fingerprint density at radius 1 is 1.24 bits per heavy atom. The monoisotopic (exact) mass is 364 g/mol. The smallest absolute Gasteiger partial charge is 0.329 e. The first kappa shape index (κ1) is 19.3. The molecule has 1 aromatic carbocycles. The average molecular weight is 364 g/mol. The zero-order valence-corrected chi connectivity index (χ0v) is 15.3. The van der Waals surface area contributed by atoms with Crippen molar-refractivity contribution in [3.63, 3.8) is 0 Å². The Kier molecular flexibility index (Phi) is 7.31. The molecule has 2 atom stereocenters. The number of rotatable bonds is 9. The van der Waals surface area contributed by atoms with Gasteiger partial charge in [0.2, 0.25) is 0 Å². The van der Waals surface area contributed by atoms with Gasteiger partial charge in [0.1, 0.15) is 6.04 Å². The lowest BCUT2D eigenvalue weighted by Crippen LogP contribution is -2.45. The van der Waals surface area contributed by atoms with Crippen LogP contribution in [-0.4, -0.2) is 48.0 Å². The van der Waals surface area contributed by atoms with Gasteiger partial charge < -0.3 is 15.4 Å². The molecule has 0 radical (unpaired) electrons. The van der Waals surface area contributed by atoms with E-state index in [1.54, 1.807) is 43.0 Å². The third-order valence-corrected chi connectivity index (χ3v) is 4.47. The Labute approximate surface area is 152 Å². The van der Waals surface area contributed by atoms with Crippen molar-refractivity contribution in [2.75, 3.05) is 12.0 Å². The number of ether oxygens (including phenoxy) is 1. The summed E-state index contributed by atoms with van der Waals surface area (Å²) in [6.45, 7) is 1.54. The fourth-order valence-corrected chi connectivity index (χ4v) is 2.64. The SMILES string of the molecule is CSCC[C@H](NC(=O)c1ccccc1)C(=O)O[C@@H](C)C(=O)NC1CC1. The van der Waals surface area contributed by atoms with Crippen LogP contribution in [0.4, 0.5) is 0 Å². The van der Waals surface area contributed by atoms with Gasteiger partial charge in [0.15, 0.2) is 6.10 Å². The van der Waals surface area contributed by atoms with E-state index in [1.165, 1.54) is 0 Å². The average Bonchev–Trinajstić information content (AvgIpc) is 3.42. The van der Waals surface area contributed by atoms with Crippen molar-refractivity contribution in [1.29, 1.82) is 0 Å². The highest BCUT2D eigenvalue weighted by molar-refractivity contribution is 7.98. The van der Waals surface area contributed by atoms with Crippen LogP contribution in [-0.2, 0) is 14.3 Å². The minimum Gasteiger partial charge on any atom is -0.451 e. The van der Waals surface area contributed by atoms with Gasteiger partial charge in [-0.2, -0.15) is 11.8 Å². The molecule has 6 nitrogen and oxygen atoms in total. The van der Waals surface area contributed by atoms with Crippen LogP contribution in [0, 0.1) is 0 Å². The summed E-state index contributed by atoms with van der Waals surface area (Å²) in [7, 11) is 0. The van der Waals surface area contributed by atoms with E-state index in [0.717, 1.165) is 12.8 Å². The first-order chi connectivity index (χ1) is 12.0. The number of carbonyl (C=O) groups excluding carboxylic acids is 3. The molecule has 0 saturated heterocycles. The van der Waals surface area contributed by atoms with Crippen molar-refractivity contribution in [3.8, 4) is 0 Å². The lowest BCUT2D eigenvalue weighted by atomic mass is 10.1. The molecule has 2 amide bonds. The minimum atomic E-state index is -0.876. The summed E-state index contributed by atoms with van der Waals surface area (Å²) >= 11 is 1.57. The summed E-state index contributed by atoms with van der Waals surface area (Å²) < 4.78 is 5.26. The molecule has 7 heteroatoms. The van der Waals surface area contributed by atoms with Crippen LogP contribution >= 0.6 is 11.8 Å². The summed E-state index contributed by atoms with van der Waals surface area (Å²) in [4.78, 5) is 36.6. The quantitative estimate of drug-likeness (QED) is 0.652. The van der Waals surface area contributed by atoms with E-state index in [1.807, 2.05) is 12.3 Å². The highest BCUT2D eigenvalue weighted by Gasteiger charge is 2.29. The Morgan fingerprint density at radius 2 is 1.92 bits per heavy atom. The predicted octanol–water partition coefficient (Wildman–Crippen LogP) is 1.75. The Bertz CT molecular complexity index is 604. The van der Waals surface area contributed by atoms with Crippen LogP contribution < -0.4 is 10.6 Å². The molecule has 1 aliphatic carbocycles. The number of hydrogen-bond acceptors (Lipinski definition) is 5. The van der Waals surface area contributed by atoms with Crippen LogP contribution in [0.15, 0.2) is 30.3 Å². The van der Waals surface area contributed by atoms with Crippen molar-refractivity contribution >= 4 is 29.5 Å². The maximum atomic E-state index is 12.4. The lowest BCUT2D eigenvalue weighted by Gasteiger charge is -2.20. The second-order valence-electron chi connectivity index (χ2n) is 6.04. The van der Waals surface area contributed by atoms with E-state index in [4.69, 9.17) is 4.74 Å². The van der Waals surface area contributed by atoms with E-state index in [-0.39, 0.29) is 17.9 Å². The summed E-state index contributed by atoms with van der Waals surface area (Å²) in [6.07, 6.45) is 3.42. The molecule has 25 heavy (non-hydrogen) atoms. The molecular weight excluding hydrogens is 340 g/mol. The zero-order valence-electron chi connectivity index (χ0n) is 14.5. The van der Waals surface area contributed by atoms with Gasteiger partial charge in [0.25, 0.3) is 11.8 Å². The third kappa shape index (κ3) is 6.42. The van der Waals surface area contributed by atoms with Gasteiger partial charge >= 0.3 is 5.97 Å². The van der Waals surface area contributed by atoms with E-state index in [0.29, 0.717) is 17.7 Å². The summed E-state index contributed by atoms with van der Waals surface area (Å²) in [6, 6.07) is 8.12. The van der Waals surface area contributed by atoms with Crippen LogP contribution in [0.1, 0.15) is 36.5 Å². The first-order valence-electron chi connectivity index (χ1n) is 8.37.